The number of halogens is 1. The lowest BCUT2D eigenvalue weighted by Gasteiger charge is -2.28. The average molecular weight is 401 g/mol. The zero-order valence-electron chi connectivity index (χ0n) is 14.6. The van der Waals surface area contributed by atoms with Crippen LogP contribution in [0, 0.1) is 22.9 Å². The number of nitrogens with one attached hydrogen (secondary N) is 1. The number of H-pyrrole nitrogens is 1. The van der Waals surface area contributed by atoms with Crippen LogP contribution in [0.3, 0.4) is 0 Å². The lowest BCUT2D eigenvalue weighted by atomic mass is 10.0. The van der Waals surface area contributed by atoms with Crippen LogP contribution in [-0.4, -0.2) is 56.4 Å². The van der Waals surface area contributed by atoms with Gasteiger partial charge in [-0.2, -0.15) is 0 Å². The lowest BCUT2D eigenvalue weighted by Crippen LogP contribution is -2.49. The van der Waals surface area contributed by atoms with Crippen LogP contribution in [0.4, 0.5) is 4.39 Å². The fourth-order valence-corrected chi connectivity index (χ4v) is 2.68. The van der Waals surface area contributed by atoms with Crippen LogP contribution in [0.5, 0.6) is 0 Å². The fourth-order valence-electron chi connectivity index (χ4n) is 2.54. The van der Waals surface area contributed by atoms with E-state index in [1.54, 1.807) is 13.8 Å². The van der Waals surface area contributed by atoms with Crippen molar-refractivity contribution in [1.82, 2.24) is 9.55 Å². The molecular weight excluding hydrogens is 381 g/mol. The molecule has 0 amide bonds. The molecule has 148 valence electrons. The Hall–Kier alpha value is -2.10. The molecular formula is C16H20FN3O6S. The molecule has 0 unspecified atom stereocenters. The number of nitrogens with two attached hydrogens (primary N) is 1. The summed E-state index contributed by atoms with van der Waals surface area (Å²) in [5.41, 5.74) is 2.33. The average Bonchev–Trinajstić information content (AvgIpc) is 2.81. The van der Waals surface area contributed by atoms with E-state index in [0.717, 1.165) is 6.20 Å². The van der Waals surface area contributed by atoms with Gasteiger partial charge in [0.15, 0.2) is 6.61 Å². The van der Waals surface area contributed by atoms with Gasteiger partial charge in [-0.1, -0.05) is 26.1 Å². The zero-order chi connectivity index (χ0) is 20.6. The quantitative estimate of drug-likeness (QED) is 0.284. The Morgan fingerprint density at radius 1 is 1.59 bits per heavy atom. The highest BCUT2D eigenvalue weighted by Gasteiger charge is 2.65. The van der Waals surface area contributed by atoms with Crippen LogP contribution in [0.2, 0.25) is 0 Å². The van der Waals surface area contributed by atoms with Crippen molar-refractivity contribution < 1.29 is 28.9 Å². The number of hydrogen-bond acceptors (Lipinski definition) is 8. The van der Waals surface area contributed by atoms with Gasteiger partial charge in [-0.05, 0) is 17.9 Å². The Morgan fingerprint density at radius 2 is 2.22 bits per heavy atom. The topological polar surface area (TPSA) is 140 Å². The van der Waals surface area contributed by atoms with Crippen molar-refractivity contribution in [3.63, 3.8) is 0 Å². The number of carbonyl (C=O) groups is 1. The maximum Gasteiger partial charge on any atom is 0.329 e. The van der Waals surface area contributed by atoms with Crippen molar-refractivity contribution in [2.75, 3.05) is 6.61 Å². The maximum atomic E-state index is 15.2. The number of alkyl halides is 1. The van der Waals surface area contributed by atoms with Crippen molar-refractivity contribution >= 4 is 18.2 Å². The summed E-state index contributed by atoms with van der Waals surface area (Å²) in [5, 5.41) is 20.5. The van der Waals surface area contributed by atoms with Gasteiger partial charge < -0.3 is 20.7 Å². The molecule has 0 aromatic carbocycles. The first kappa shape index (κ1) is 21.2. The minimum Gasteiger partial charge on any atom is -0.458 e. The molecule has 1 aromatic heterocycles. The number of carbonyl (C=O) groups excluding carboxylic acids is 1. The first-order chi connectivity index (χ1) is 12.5. The number of terminal acetylenes is 1. The molecule has 0 bridgehead atoms. The minimum absolute atomic E-state index is 0.0690. The number of hydrogen-bond donors (Lipinski definition) is 4. The molecule has 5 N–H and O–H groups in total. The van der Waals surface area contributed by atoms with Gasteiger partial charge in [-0.15, -0.1) is 6.42 Å². The molecule has 1 aliphatic rings. The lowest BCUT2D eigenvalue weighted by molar-refractivity contribution is -0.234. The van der Waals surface area contributed by atoms with Crippen molar-refractivity contribution in [1.29, 1.82) is 0 Å². The van der Waals surface area contributed by atoms with E-state index in [-0.39, 0.29) is 10.6 Å². The first-order valence-electron chi connectivity index (χ1n) is 7.96. The number of aromatic nitrogens is 2. The molecule has 2 rings (SSSR count). The molecule has 1 aromatic rings. The SMILES string of the molecule is C#C[C@@]1(n2ccc(=S)[nH]c2=O)O[C@](F)(COC(=O)[C@@H](N)C(C)C)[C@@H](O)[C@H]1O. The van der Waals surface area contributed by atoms with Gasteiger partial charge in [-0.3, -0.25) is 19.1 Å². The maximum absolute atomic E-state index is 15.2. The Balaban J connectivity index is 2.35. The van der Waals surface area contributed by atoms with Gasteiger partial charge in [0.05, 0.1) is 0 Å². The molecule has 5 atom stereocenters. The third-order valence-corrected chi connectivity index (χ3v) is 4.50. The van der Waals surface area contributed by atoms with Crippen LogP contribution in [-0.2, 0) is 20.0 Å². The summed E-state index contributed by atoms with van der Waals surface area (Å²) in [7, 11) is 0. The zero-order valence-corrected chi connectivity index (χ0v) is 15.4. The van der Waals surface area contributed by atoms with E-state index in [0.29, 0.717) is 4.57 Å². The number of nitrogens with zero attached hydrogens (tertiary/aromatic N) is 1. The minimum atomic E-state index is -3.08. The third kappa shape index (κ3) is 3.67. The Labute approximate surface area is 158 Å². The highest BCUT2D eigenvalue weighted by molar-refractivity contribution is 7.71. The van der Waals surface area contributed by atoms with Gasteiger partial charge >= 0.3 is 11.7 Å². The van der Waals surface area contributed by atoms with Crippen LogP contribution in [0.15, 0.2) is 17.1 Å². The summed E-state index contributed by atoms with van der Waals surface area (Å²) in [4.78, 5) is 26.2. The summed E-state index contributed by atoms with van der Waals surface area (Å²) >= 11 is 4.80. The number of rotatable bonds is 5. The number of ether oxygens (including phenoxy) is 2. The second-order valence-electron chi connectivity index (χ2n) is 6.48. The smallest absolute Gasteiger partial charge is 0.329 e. The van der Waals surface area contributed by atoms with Gasteiger partial charge in [0.2, 0.25) is 5.72 Å². The number of aliphatic hydroxyl groups is 2. The third-order valence-electron chi connectivity index (χ3n) is 4.26. The van der Waals surface area contributed by atoms with Crippen molar-refractivity contribution in [2.24, 2.45) is 11.7 Å². The van der Waals surface area contributed by atoms with E-state index in [9.17, 15) is 19.8 Å². The van der Waals surface area contributed by atoms with Crippen LogP contribution < -0.4 is 11.4 Å². The number of aromatic amines is 1. The van der Waals surface area contributed by atoms with Crippen LogP contribution in [0.25, 0.3) is 0 Å². The van der Waals surface area contributed by atoms with E-state index < -0.39 is 48.1 Å². The summed E-state index contributed by atoms with van der Waals surface area (Å²) in [6, 6.07) is 0.240. The Bertz CT molecular complexity index is 880. The molecule has 0 aliphatic carbocycles. The molecule has 1 saturated heterocycles. The fraction of sp³-hybridized carbons (Fsp3) is 0.562. The van der Waals surface area contributed by atoms with E-state index in [4.69, 9.17) is 33.8 Å². The molecule has 1 aliphatic heterocycles. The van der Waals surface area contributed by atoms with Crippen molar-refractivity contribution in [3.05, 3.63) is 27.4 Å². The van der Waals surface area contributed by atoms with Gasteiger partial charge in [-0.25, -0.2) is 9.18 Å². The standard InChI is InChI=1S/C16H20FN3O6S/c1-4-16(20-6-5-9(27)19-14(20)24)12(22)11(21)15(17,26-16)7-25-13(23)10(18)8(2)3/h1,5-6,8,10-12,21-22H,7,18H2,2-3H3,(H,19,24,27)/t10-,11-,12+,15+,16+/m0/s1. The van der Waals surface area contributed by atoms with Crippen LogP contribution in [0.1, 0.15) is 13.8 Å². The van der Waals surface area contributed by atoms with E-state index in [1.807, 2.05) is 5.92 Å². The molecule has 0 saturated carbocycles. The normalized spacial score (nSPS) is 31.5. The Morgan fingerprint density at radius 3 is 2.74 bits per heavy atom. The molecule has 11 heteroatoms. The number of esters is 1. The number of aliphatic hydroxyl groups excluding tert-OH is 2. The molecule has 27 heavy (non-hydrogen) atoms. The Kier molecular flexibility index (Phi) is 5.88. The molecule has 0 radical (unpaired) electrons. The first-order valence-corrected chi connectivity index (χ1v) is 8.37. The monoisotopic (exact) mass is 401 g/mol. The van der Waals surface area contributed by atoms with Crippen LogP contribution >= 0.6 is 12.2 Å². The largest absolute Gasteiger partial charge is 0.458 e. The second kappa shape index (κ2) is 7.49. The predicted octanol–water partition coefficient (Wildman–Crippen LogP) is -0.864. The van der Waals surface area contributed by atoms with Gasteiger partial charge in [0, 0.05) is 6.20 Å². The highest BCUT2D eigenvalue weighted by atomic mass is 32.1. The highest BCUT2D eigenvalue weighted by Crippen LogP contribution is 2.42. The molecule has 1 fully saturated rings. The molecule has 2 heterocycles. The molecule has 0 spiro atoms. The summed E-state index contributed by atoms with van der Waals surface area (Å²) in [6.07, 6.45) is 2.21. The van der Waals surface area contributed by atoms with Crippen molar-refractivity contribution in [2.45, 2.75) is 43.7 Å². The molecule has 9 nitrogen and oxygen atoms in total. The van der Waals surface area contributed by atoms with E-state index >= 15 is 4.39 Å². The summed E-state index contributed by atoms with van der Waals surface area (Å²) in [6.45, 7) is 2.24. The summed E-state index contributed by atoms with van der Waals surface area (Å²) < 4.78 is 25.8. The van der Waals surface area contributed by atoms with Gasteiger partial charge in [0.25, 0.3) is 5.85 Å². The van der Waals surface area contributed by atoms with E-state index in [1.165, 1.54) is 6.07 Å². The second-order valence-corrected chi connectivity index (χ2v) is 6.92. The van der Waals surface area contributed by atoms with Crippen molar-refractivity contribution in [3.8, 4) is 12.3 Å². The predicted molar refractivity (Wildman–Crippen MR) is 93.4 cm³/mol. The van der Waals surface area contributed by atoms with Gasteiger partial charge in [0.1, 0.15) is 22.9 Å². The van der Waals surface area contributed by atoms with E-state index in [2.05, 4.69) is 4.98 Å². The summed E-state index contributed by atoms with van der Waals surface area (Å²) in [5.74, 6) is -2.29.